The molecule has 1 aromatic carbocycles. The van der Waals surface area contributed by atoms with Crippen LogP contribution in [0.4, 0.5) is 5.69 Å². The summed E-state index contributed by atoms with van der Waals surface area (Å²) in [5.74, 6) is 0.134. The van der Waals surface area contributed by atoms with Gasteiger partial charge in [0.2, 0.25) is 0 Å². The van der Waals surface area contributed by atoms with Crippen LogP contribution >= 0.6 is 11.6 Å². The number of anilines is 1. The van der Waals surface area contributed by atoms with Gasteiger partial charge >= 0.3 is 5.97 Å². The summed E-state index contributed by atoms with van der Waals surface area (Å²) in [7, 11) is 1.38. The van der Waals surface area contributed by atoms with Gasteiger partial charge in [-0.2, -0.15) is 0 Å². The largest absolute Gasteiger partial charge is 0.465 e. The van der Waals surface area contributed by atoms with E-state index in [9.17, 15) is 4.79 Å². The highest BCUT2D eigenvalue weighted by molar-refractivity contribution is 6.31. The van der Waals surface area contributed by atoms with E-state index in [0.717, 1.165) is 18.7 Å². The molecule has 2 aliphatic rings. The Morgan fingerprint density at radius 3 is 2.95 bits per heavy atom. The van der Waals surface area contributed by atoms with Crippen LogP contribution in [-0.4, -0.2) is 31.8 Å². The van der Waals surface area contributed by atoms with Crippen molar-refractivity contribution in [3.05, 3.63) is 28.8 Å². The zero-order chi connectivity index (χ0) is 15.2. The first-order valence-corrected chi connectivity index (χ1v) is 7.59. The Labute approximate surface area is 129 Å². The maximum atomic E-state index is 11.9. The van der Waals surface area contributed by atoms with E-state index in [1.807, 2.05) is 0 Å². The second kappa shape index (κ2) is 5.18. The Balaban J connectivity index is 1.88. The molecule has 1 aliphatic heterocycles. The van der Waals surface area contributed by atoms with Gasteiger partial charge in [0.1, 0.15) is 0 Å². The van der Waals surface area contributed by atoms with Crippen molar-refractivity contribution in [1.29, 1.82) is 0 Å². The quantitative estimate of drug-likeness (QED) is 0.870. The van der Waals surface area contributed by atoms with Crippen molar-refractivity contribution in [3.63, 3.8) is 0 Å². The van der Waals surface area contributed by atoms with Gasteiger partial charge in [0.05, 0.1) is 24.5 Å². The van der Waals surface area contributed by atoms with Gasteiger partial charge in [-0.15, -0.1) is 0 Å². The lowest BCUT2D eigenvalue weighted by Gasteiger charge is -2.55. The van der Waals surface area contributed by atoms with Crippen LogP contribution in [0.25, 0.3) is 0 Å². The summed E-state index contributed by atoms with van der Waals surface area (Å²) in [6, 6.07) is 5.45. The standard InChI is InChI=1S/C16H20ClNO3/c1-16(2)13(11-6-7-21-14(11)16)18-12-8-9(17)4-5-10(12)15(19)20-3/h4-5,8,11,13-14,18H,6-7H2,1-3H3. The van der Waals surface area contributed by atoms with Crippen LogP contribution in [0.1, 0.15) is 30.6 Å². The average Bonchev–Trinajstić information content (AvgIpc) is 2.91. The van der Waals surface area contributed by atoms with Crippen LogP contribution in [0.2, 0.25) is 5.02 Å². The van der Waals surface area contributed by atoms with Gasteiger partial charge in [-0.05, 0) is 24.6 Å². The number of carbonyl (C=O) groups excluding carboxylic acids is 1. The molecule has 0 bridgehead atoms. The minimum Gasteiger partial charge on any atom is -0.465 e. The summed E-state index contributed by atoms with van der Waals surface area (Å²) in [4.78, 5) is 11.9. The van der Waals surface area contributed by atoms with E-state index in [1.54, 1.807) is 18.2 Å². The number of carbonyl (C=O) groups is 1. The van der Waals surface area contributed by atoms with E-state index in [4.69, 9.17) is 21.1 Å². The molecule has 0 spiro atoms. The molecule has 2 fully saturated rings. The van der Waals surface area contributed by atoms with Crippen molar-refractivity contribution < 1.29 is 14.3 Å². The molecule has 4 nitrogen and oxygen atoms in total. The number of rotatable bonds is 3. The van der Waals surface area contributed by atoms with E-state index in [0.29, 0.717) is 22.6 Å². The number of benzene rings is 1. The van der Waals surface area contributed by atoms with Crippen molar-refractivity contribution in [2.75, 3.05) is 19.0 Å². The second-order valence-electron chi connectivity index (χ2n) is 6.37. The van der Waals surface area contributed by atoms with Gasteiger partial charge in [0.25, 0.3) is 0 Å². The van der Waals surface area contributed by atoms with Crippen molar-refractivity contribution in [3.8, 4) is 0 Å². The van der Waals surface area contributed by atoms with E-state index in [-0.39, 0.29) is 17.4 Å². The molecule has 0 amide bonds. The van der Waals surface area contributed by atoms with Gasteiger partial charge < -0.3 is 14.8 Å². The molecule has 1 aromatic rings. The molecule has 1 N–H and O–H groups in total. The first kappa shape index (κ1) is 14.7. The van der Waals surface area contributed by atoms with Crippen molar-refractivity contribution >= 4 is 23.3 Å². The van der Waals surface area contributed by atoms with Gasteiger partial charge in [-0.1, -0.05) is 25.4 Å². The van der Waals surface area contributed by atoms with Crippen LogP contribution in [-0.2, 0) is 9.47 Å². The van der Waals surface area contributed by atoms with Crippen molar-refractivity contribution in [2.24, 2.45) is 11.3 Å². The summed E-state index contributed by atoms with van der Waals surface area (Å²) in [5.41, 5.74) is 1.29. The van der Waals surface area contributed by atoms with Crippen LogP contribution in [0, 0.1) is 11.3 Å². The number of esters is 1. The molecule has 1 heterocycles. The molecule has 3 unspecified atom stereocenters. The fourth-order valence-corrected chi connectivity index (χ4v) is 3.88. The number of hydrogen-bond donors (Lipinski definition) is 1. The first-order chi connectivity index (χ1) is 9.95. The van der Waals surface area contributed by atoms with Crippen molar-refractivity contribution in [1.82, 2.24) is 0 Å². The lowest BCUT2D eigenvalue weighted by molar-refractivity contribution is -0.0923. The van der Waals surface area contributed by atoms with E-state index in [2.05, 4.69) is 19.2 Å². The highest BCUT2D eigenvalue weighted by Gasteiger charge is 2.59. The lowest BCUT2D eigenvalue weighted by Crippen LogP contribution is -2.63. The minimum absolute atomic E-state index is 0.0386. The Bertz CT molecular complexity index is 573. The molecule has 114 valence electrons. The van der Waals surface area contributed by atoms with Crippen LogP contribution < -0.4 is 5.32 Å². The monoisotopic (exact) mass is 309 g/mol. The molecular formula is C16H20ClNO3. The molecule has 5 heteroatoms. The highest BCUT2D eigenvalue weighted by Crippen LogP contribution is 2.53. The predicted molar refractivity (Wildman–Crippen MR) is 81.8 cm³/mol. The molecule has 3 atom stereocenters. The first-order valence-electron chi connectivity index (χ1n) is 7.21. The fraction of sp³-hybridized carbons (Fsp3) is 0.562. The average molecular weight is 310 g/mol. The summed E-state index contributed by atoms with van der Waals surface area (Å²) >= 11 is 6.07. The Hall–Kier alpha value is -1.26. The number of fused-ring (bicyclic) bond motifs is 1. The zero-order valence-electron chi connectivity index (χ0n) is 12.5. The fourth-order valence-electron chi connectivity index (χ4n) is 3.71. The summed E-state index contributed by atoms with van der Waals surface area (Å²) in [5, 5.41) is 4.10. The summed E-state index contributed by atoms with van der Waals surface area (Å²) in [6.45, 7) is 5.20. The van der Waals surface area contributed by atoms with Crippen LogP contribution in [0.5, 0.6) is 0 Å². The Morgan fingerprint density at radius 1 is 1.48 bits per heavy atom. The highest BCUT2D eigenvalue weighted by atomic mass is 35.5. The third kappa shape index (κ3) is 2.30. The van der Waals surface area contributed by atoms with E-state index < -0.39 is 0 Å². The molecule has 1 saturated carbocycles. The molecule has 1 aliphatic carbocycles. The topological polar surface area (TPSA) is 47.6 Å². The molecule has 1 saturated heterocycles. The molecular weight excluding hydrogens is 290 g/mol. The molecule has 3 rings (SSSR count). The predicted octanol–water partition coefficient (Wildman–Crippen LogP) is 3.35. The number of nitrogens with one attached hydrogen (secondary N) is 1. The SMILES string of the molecule is COC(=O)c1ccc(Cl)cc1NC1C2CCOC2C1(C)C. The lowest BCUT2D eigenvalue weighted by atomic mass is 9.57. The third-order valence-corrected chi connectivity index (χ3v) is 5.03. The van der Waals surface area contributed by atoms with E-state index in [1.165, 1.54) is 7.11 Å². The molecule has 21 heavy (non-hydrogen) atoms. The summed E-state index contributed by atoms with van der Waals surface area (Å²) < 4.78 is 10.6. The number of ether oxygens (including phenoxy) is 2. The van der Waals surface area contributed by atoms with Crippen LogP contribution in [0.3, 0.4) is 0 Å². The zero-order valence-corrected chi connectivity index (χ0v) is 13.2. The van der Waals surface area contributed by atoms with Gasteiger partial charge in [0.15, 0.2) is 0 Å². The number of hydrogen-bond acceptors (Lipinski definition) is 4. The van der Waals surface area contributed by atoms with Gasteiger partial charge in [-0.3, -0.25) is 0 Å². The van der Waals surface area contributed by atoms with Crippen molar-refractivity contribution in [2.45, 2.75) is 32.4 Å². The van der Waals surface area contributed by atoms with Crippen LogP contribution in [0.15, 0.2) is 18.2 Å². The third-order valence-electron chi connectivity index (χ3n) is 4.80. The Kier molecular flexibility index (Phi) is 3.62. The van der Waals surface area contributed by atoms with E-state index >= 15 is 0 Å². The minimum atomic E-state index is -0.356. The molecule has 0 radical (unpaired) electrons. The smallest absolute Gasteiger partial charge is 0.339 e. The van der Waals surface area contributed by atoms with Gasteiger partial charge in [0, 0.05) is 29.0 Å². The Morgan fingerprint density at radius 2 is 2.24 bits per heavy atom. The number of halogens is 1. The summed E-state index contributed by atoms with van der Waals surface area (Å²) in [6.07, 6.45) is 1.36. The number of methoxy groups -OCH3 is 1. The van der Waals surface area contributed by atoms with Gasteiger partial charge in [-0.25, -0.2) is 4.79 Å². The molecule has 0 aromatic heterocycles. The second-order valence-corrected chi connectivity index (χ2v) is 6.81. The maximum Gasteiger partial charge on any atom is 0.339 e. The maximum absolute atomic E-state index is 11.9. The normalized spacial score (nSPS) is 29.4.